The van der Waals surface area contributed by atoms with Crippen molar-refractivity contribution in [3.05, 3.63) is 29.3 Å². The molecule has 2 heteroatoms. The fraction of sp³-hybridized carbons (Fsp3) is 0.571. The third-order valence-corrected chi connectivity index (χ3v) is 3.12. The Morgan fingerprint density at radius 3 is 2.38 bits per heavy atom. The first-order chi connectivity index (χ1) is 7.36. The zero-order valence-corrected chi connectivity index (χ0v) is 11.9. The molecule has 16 heavy (non-hydrogen) atoms. The van der Waals surface area contributed by atoms with Crippen LogP contribution < -0.4 is 4.90 Å². The molecule has 0 heterocycles. The van der Waals surface area contributed by atoms with Gasteiger partial charge in [-0.1, -0.05) is 32.9 Å². The molecule has 0 spiro atoms. The van der Waals surface area contributed by atoms with Gasteiger partial charge in [0.25, 0.3) is 0 Å². The van der Waals surface area contributed by atoms with Gasteiger partial charge in [-0.05, 0) is 29.5 Å². The molecular formula is C14H23NS. The Balaban J connectivity index is 3.09. The fourth-order valence-corrected chi connectivity index (χ4v) is 2.06. The summed E-state index contributed by atoms with van der Waals surface area (Å²) in [5.41, 5.74) is 4.25. The molecule has 0 N–H and O–H groups in total. The smallest absolute Gasteiger partial charge is 0.0396 e. The maximum atomic E-state index is 4.29. The van der Waals surface area contributed by atoms with Gasteiger partial charge in [0, 0.05) is 25.0 Å². The highest BCUT2D eigenvalue weighted by Crippen LogP contribution is 2.28. The van der Waals surface area contributed by atoms with Crippen molar-refractivity contribution in [1.29, 1.82) is 0 Å². The van der Waals surface area contributed by atoms with E-state index in [4.69, 9.17) is 0 Å². The van der Waals surface area contributed by atoms with Gasteiger partial charge < -0.3 is 4.90 Å². The van der Waals surface area contributed by atoms with Crippen LogP contribution in [-0.4, -0.2) is 19.3 Å². The molecule has 0 saturated heterocycles. The van der Waals surface area contributed by atoms with Gasteiger partial charge in [-0.15, -0.1) is 0 Å². The zero-order chi connectivity index (χ0) is 12.3. The number of thiol groups is 1. The fourth-order valence-electron chi connectivity index (χ4n) is 1.76. The normalized spacial score (nSPS) is 11.6. The summed E-state index contributed by atoms with van der Waals surface area (Å²) in [5.74, 6) is 0.885. The van der Waals surface area contributed by atoms with Gasteiger partial charge in [0.15, 0.2) is 0 Å². The number of benzene rings is 1. The first kappa shape index (κ1) is 13.4. The number of anilines is 1. The molecule has 0 aliphatic carbocycles. The van der Waals surface area contributed by atoms with Crippen LogP contribution in [0.1, 0.15) is 31.9 Å². The number of aryl methyl sites for hydroxylation is 1. The van der Waals surface area contributed by atoms with Crippen molar-refractivity contribution >= 4 is 18.3 Å². The molecular weight excluding hydrogens is 214 g/mol. The maximum absolute atomic E-state index is 4.29. The minimum Gasteiger partial charge on any atom is -0.374 e. The molecule has 0 radical (unpaired) electrons. The van der Waals surface area contributed by atoms with E-state index < -0.39 is 0 Å². The lowest BCUT2D eigenvalue weighted by molar-refractivity contribution is 0.590. The Morgan fingerprint density at radius 2 is 1.88 bits per heavy atom. The van der Waals surface area contributed by atoms with Crippen molar-refractivity contribution in [2.45, 2.75) is 33.1 Å². The predicted molar refractivity (Wildman–Crippen MR) is 77.0 cm³/mol. The number of hydrogen-bond acceptors (Lipinski definition) is 2. The lowest BCUT2D eigenvalue weighted by Crippen LogP contribution is -2.21. The van der Waals surface area contributed by atoms with E-state index in [1.165, 1.54) is 16.8 Å². The van der Waals surface area contributed by atoms with E-state index in [1.54, 1.807) is 0 Å². The summed E-state index contributed by atoms with van der Waals surface area (Å²) in [7, 11) is 2.13. The van der Waals surface area contributed by atoms with Crippen molar-refractivity contribution < 1.29 is 0 Å². The highest BCUT2D eigenvalue weighted by molar-refractivity contribution is 7.80. The molecule has 0 aliphatic rings. The average molecular weight is 237 g/mol. The van der Waals surface area contributed by atoms with Crippen LogP contribution in [0.25, 0.3) is 0 Å². The van der Waals surface area contributed by atoms with Gasteiger partial charge >= 0.3 is 0 Å². The molecule has 90 valence electrons. The van der Waals surface area contributed by atoms with Crippen molar-refractivity contribution in [1.82, 2.24) is 0 Å². The maximum Gasteiger partial charge on any atom is 0.0396 e. The van der Waals surface area contributed by atoms with Crippen LogP contribution in [0.5, 0.6) is 0 Å². The van der Waals surface area contributed by atoms with Crippen molar-refractivity contribution in [2.24, 2.45) is 0 Å². The van der Waals surface area contributed by atoms with E-state index in [9.17, 15) is 0 Å². The van der Waals surface area contributed by atoms with E-state index in [-0.39, 0.29) is 5.41 Å². The first-order valence-electron chi connectivity index (χ1n) is 5.79. The molecule has 0 unspecified atom stereocenters. The molecule has 1 aromatic rings. The lowest BCUT2D eigenvalue weighted by Gasteiger charge is -2.25. The van der Waals surface area contributed by atoms with Crippen LogP contribution >= 0.6 is 12.6 Å². The van der Waals surface area contributed by atoms with Gasteiger partial charge in [0.2, 0.25) is 0 Å². The summed E-state index contributed by atoms with van der Waals surface area (Å²) >= 11 is 4.29. The van der Waals surface area contributed by atoms with Crippen molar-refractivity contribution in [3.63, 3.8) is 0 Å². The van der Waals surface area contributed by atoms with Crippen LogP contribution in [0.2, 0.25) is 0 Å². The Bertz CT molecular complexity index is 352. The van der Waals surface area contributed by atoms with Crippen LogP contribution in [0.3, 0.4) is 0 Å². The lowest BCUT2D eigenvalue weighted by atomic mass is 9.86. The van der Waals surface area contributed by atoms with Crippen LogP contribution in [0.15, 0.2) is 18.2 Å². The molecule has 0 aliphatic heterocycles. The predicted octanol–water partition coefficient (Wildman–Crippen LogP) is 3.66. The molecule has 1 nitrogen and oxygen atoms in total. The monoisotopic (exact) mass is 237 g/mol. The Kier molecular flexibility index (Phi) is 4.31. The molecule has 0 fully saturated rings. The Labute approximate surface area is 105 Å². The number of nitrogens with zero attached hydrogens (tertiary/aromatic N) is 1. The zero-order valence-electron chi connectivity index (χ0n) is 11.0. The van der Waals surface area contributed by atoms with E-state index in [0.29, 0.717) is 0 Å². The van der Waals surface area contributed by atoms with E-state index in [1.807, 2.05) is 0 Å². The third-order valence-electron chi connectivity index (χ3n) is 2.92. The SMILES string of the molecule is Cc1ccc(C(C)(C)C)cc1N(C)CCS. The highest BCUT2D eigenvalue weighted by Gasteiger charge is 2.15. The summed E-state index contributed by atoms with van der Waals surface area (Å²) < 4.78 is 0. The third kappa shape index (κ3) is 3.18. The van der Waals surface area contributed by atoms with Crippen LogP contribution in [0, 0.1) is 6.92 Å². The molecule has 0 aromatic heterocycles. The molecule has 0 atom stereocenters. The molecule has 1 rings (SSSR count). The summed E-state index contributed by atoms with van der Waals surface area (Å²) in [6.45, 7) is 9.90. The average Bonchev–Trinajstić information content (AvgIpc) is 2.16. The van der Waals surface area contributed by atoms with Gasteiger partial charge in [-0.3, -0.25) is 0 Å². The highest BCUT2D eigenvalue weighted by atomic mass is 32.1. The molecule has 0 saturated carbocycles. The van der Waals surface area contributed by atoms with Crippen molar-refractivity contribution in [3.8, 4) is 0 Å². The summed E-state index contributed by atoms with van der Waals surface area (Å²) in [4.78, 5) is 2.28. The second kappa shape index (κ2) is 5.13. The summed E-state index contributed by atoms with van der Waals surface area (Å²) in [6, 6.07) is 6.75. The molecule has 0 amide bonds. The first-order valence-corrected chi connectivity index (χ1v) is 6.42. The topological polar surface area (TPSA) is 3.24 Å². The second-order valence-corrected chi connectivity index (χ2v) is 5.84. The molecule has 0 bridgehead atoms. The second-order valence-electron chi connectivity index (χ2n) is 5.40. The number of rotatable bonds is 3. The van der Waals surface area contributed by atoms with Gasteiger partial charge in [-0.25, -0.2) is 0 Å². The van der Waals surface area contributed by atoms with Crippen molar-refractivity contribution in [2.75, 3.05) is 24.2 Å². The Hall–Kier alpha value is -0.630. The minimum atomic E-state index is 0.213. The largest absolute Gasteiger partial charge is 0.374 e. The molecule has 1 aromatic carbocycles. The van der Waals surface area contributed by atoms with Gasteiger partial charge in [0.1, 0.15) is 0 Å². The van der Waals surface area contributed by atoms with Crippen LogP contribution in [0.4, 0.5) is 5.69 Å². The minimum absolute atomic E-state index is 0.213. The Morgan fingerprint density at radius 1 is 1.25 bits per heavy atom. The van der Waals surface area contributed by atoms with E-state index in [2.05, 4.69) is 70.5 Å². The standard InChI is InChI=1S/C14H23NS/c1-11-6-7-12(14(2,3)4)10-13(11)15(5)8-9-16/h6-7,10,16H,8-9H2,1-5H3. The van der Waals surface area contributed by atoms with E-state index in [0.717, 1.165) is 12.3 Å². The number of hydrogen-bond donors (Lipinski definition) is 1. The quantitative estimate of drug-likeness (QED) is 0.785. The summed E-state index contributed by atoms with van der Waals surface area (Å²) in [5, 5.41) is 0. The van der Waals surface area contributed by atoms with Gasteiger partial charge in [0.05, 0.1) is 0 Å². The van der Waals surface area contributed by atoms with E-state index >= 15 is 0 Å². The van der Waals surface area contributed by atoms with Crippen LogP contribution in [-0.2, 0) is 5.41 Å². The summed E-state index contributed by atoms with van der Waals surface area (Å²) in [6.07, 6.45) is 0. The van der Waals surface area contributed by atoms with Gasteiger partial charge in [-0.2, -0.15) is 12.6 Å².